The third kappa shape index (κ3) is 5.35. The number of carbonyl (C=O) groups is 3. The fraction of sp³-hybridized carbons (Fsp3) is 0.591. The molecule has 2 N–H and O–H groups in total. The summed E-state index contributed by atoms with van der Waals surface area (Å²) >= 11 is 1.42. The number of rotatable bonds is 7. The highest BCUT2D eigenvalue weighted by Crippen LogP contribution is 2.50. The molecule has 3 atom stereocenters. The topological polar surface area (TPSA) is 90.0 Å². The number of nitrogens with one attached hydrogen (secondary N) is 1. The Morgan fingerprint density at radius 3 is 2.17 bits per heavy atom. The molecule has 0 radical (unpaired) electrons. The molecule has 0 bridgehead atoms. The zero-order chi connectivity index (χ0) is 22.5. The fourth-order valence-electron chi connectivity index (χ4n) is 3.82. The van der Waals surface area contributed by atoms with Gasteiger partial charge in [0.15, 0.2) is 0 Å². The molecule has 0 unspecified atom stereocenters. The molecule has 2 aliphatic heterocycles. The van der Waals surface area contributed by atoms with E-state index in [2.05, 4.69) is 31.0 Å². The zero-order valence-corrected chi connectivity index (χ0v) is 19.2. The SMILES string of the molecule is CC1(C)S[C@@H]2[C@H](NC(=O)Cc3ccccc3)C(=O)N2[C@H]1C(=O)O.CCN(CC)CC. The highest BCUT2D eigenvalue weighted by atomic mass is 32.2. The lowest BCUT2D eigenvalue weighted by molar-refractivity contribution is -0.161. The molecule has 0 spiro atoms. The monoisotopic (exact) mass is 435 g/mol. The van der Waals surface area contributed by atoms with Crippen LogP contribution in [0.5, 0.6) is 0 Å². The number of benzene rings is 1. The molecule has 2 amide bonds. The van der Waals surface area contributed by atoms with E-state index in [4.69, 9.17) is 0 Å². The van der Waals surface area contributed by atoms with E-state index in [-0.39, 0.29) is 23.6 Å². The molecule has 2 heterocycles. The molecule has 0 saturated carbocycles. The minimum Gasteiger partial charge on any atom is -0.480 e. The second-order valence-electron chi connectivity index (χ2n) is 7.93. The van der Waals surface area contributed by atoms with Gasteiger partial charge in [-0.3, -0.25) is 9.59 Å². The van der Waals surface area contributed by atoms with Gasteiger partial charge >= 0.3 is 5.97 Å². The lowest BCUT2D eigenvalue weighted by Crippen LogP contribution is -2.70. The maximum Gasteiger partial charge on any atom is 0.327 e. The number of carboxylic acids is 1. The number of carbonyl (C=O) groups excluding carboxylic acids is 2. The summed E-state index contributed by atoms with van der Waals surface area (Å²) in [4.78, 5) is 39.6. The van der Waals surface area contributed by atoms with Crippen LogP contribution in [0.2, 0.25) is 0 Å². The Morgan fingerprint density at radius 1 is 1.13 bits per heavy atom. The van der Waals surface area contributed by atoms with Gasteiger partial charge in [0, 0.05) is 4.75 Å². The minimum atomic E-state index is -1.01. The summed E-state index contributed by atoms with van der Waals surface area (Å²) in [6, 6.07) is 7.78. The predicted octanol–water partition coefficient (Wildman–Crippen LogP) is 2.21. The lowest BCUT2D eigenvalue weighted by atomic mass is 9.96. The zero-order valence-electron chi connectivity index (χ0n) is 18.4. The van der Waals surface area contributed by atoms with Crippen LogP contribution in [0, 0.1) is 0 Å². The van der Waals surface area contributed by atoms with Crippen LogP contribution in [0.1, 0.15) is 40.2 Å². The van der Waals surface area contributed by atoms with Gasteiger partial charge in [-0.15, -0.1) is 11.8 Å². The molecular formula is C22H33N3O4S. The second-order valence-corrected chi connectivity index (χ2v) is 9.70. The van der Waals surface area contributed by atoms with Crippen molar-refractivity contribution in [3.8, 4) is 0 Å². The van der Waals surface area contributed by atoms with E-state index in [0.717, 1.165) is 5.56 Å². The number of hydrogen-bond acceptors (Lipinski definition) is 5. The van der Waals surface area contributed by atoms with Gasteiger partial charge in [-0.1, -0.05) is 51.1 Å². The molecule has 2 aliphatic rings. The van der Waals surface area contributed by atoms with Gasteiger partial charge in [0.05, 0.1) is 6.42 Å². The largest absolute Gasteiger partial charge is 0.480 e. The third-order valence-corrected chi connectivity index (χ3v) is 7.11. The van der Waals surface area contributed by atoms with E-state index >= 15 is 0 Å². The molecular weight excluding hydrogens is 402 g/mol. The van der Waals surface area contributed by atoms with Crippen molar-refractivity contribution in [2.24, 2.45) is 0 Å². The first-order valence-corrected chi connectivity index (χ1v) is 11.3. The summed E-state index contributed by atoms with van der Waals surface area (Å²) in [5.74, 6) is -1.55. The van der Waals surface area contributed by atoms with Crippen LogP contribution < -0.4 is 5.32 Å². The van der Waals surface area contributed by atoms with Gasteiger partial charge in [-0.25, -0.2) is 4.79 Å². The number of fused-ring (bicyclic) bond motifs is 1. The van der Waals surface area contributed by atoms with E-state index in [1.54, 1.807) is 0 Å². The number of β-lactam (4-membered cyclic amide) rings is 1. The Bertz CT molecular complexity index is 746. The van der Waals surface area contributed by atoms with Crippen LogP contribution in [0.4, 0.5) is 0 Å². The van der Waals surface area contributed by atoms with E-state index in [9.17, 15) is 19.5 Å². The lowest BCUT2D eigenvalue weighted by Gasteiger charge is -2.43. The summed E-state index contributed by atoms with van der Waals surface area (Å²) in [6.07, 6.45) is 0.202. The van der Waals surface area contributed by atoms with Crippen molar-refractivity contribution < 1.29 is 19.5 Å². The van der Waals surface area contributed by atoms with Crippen LogP contribution in [0.3, 0.4) is 0 Å². The van der Waals surface area contributed by atoms with Gasteiger partial charge in [-0.05, 0) is 39.0 Å². The molecule has 0 aromatic heterocycles. The van der Waals surface area contributed by atoms with E-state index in [1.165, 1.54) is 36.3 Å². The van der Waals surface area contributed by atoms with E-state index < -0.39 is 22.8 Å². The van der Waals surface area contributed by atoms with Crippen LogP contribution in [0.15, 0.2) is 30.3 Å². The van der Waals surface area contributed by atoms with Gasteiger partial charge in [0.2, 0.25) is 11.8 Å². The predicted molar refractivity (Wildman–Crippen MR) is 119 cm³/mol. The Morgan fingerprint density at radius 2 is 1.70 bits per heavy atom. The molecule has 2 fully saturated rings. The number of hydrogen-bond donors (Lipinski definition) is 2. The fourth-order valence-corrected chi connectivity index (χ4v) is 5.45. The van der Waals surface area contributed by atoms with Crippen molar-refractivity contribution >= 4 is 29.5 Å². The van der Waals surface area contributed by atoms with Crippen molar-refractivity contribution in [1.29, 1.82) is 0 Å². The van der Waals surface area contributed by atoms with E-state index in [1.807, 2.05) is 44.2 Å². The van der Waals surface area contributed by atoms with Crippen molar-refractivity contribution in [2.75, 3.05) is 19.6 Å². The molecule has 1 aromatic rings. The molecule has 2 saturated heterocycles. The summed E-state index contributed by atoms with van der Waals surface area (Å²) in [5.41, 5.74) is 0.872. The third-order valence-electron chi connectivity index (χ3n) is 5.54. The average molecular weight is 436 g/mol. The molecule has 166 valence electrons. The Kier molecular flexibility index (Phi) is 8.32. The number of thioether (sulfide) groups is 1. The Labute approximate surface area is 183 Å². The molecule has 7 nitrogen and oxygen atoms in total. The maximum absolute atomic E-state index is 12.3. The summed E-state index contributed by atoms with van der Waals surface area (Å²) < 4.78 is -0.578. The quantitative estimate of drug-likeness (QED) is 0.639. The average Bonchev–Trinajstić information content (AvgIpc) is 2.97. The second kappa shape index (κ2) is 10.3. The molecule has 1 aromatic carbocycles. The summed E-state index contributed by atoms with van der Waals surface area (Å²) in [6.45, 7) is 13.7. The van der Waals surface area contributed by atoms with Gasteiger partial charge in [0.25, 0.3) is 0 Å². The summed E-state index contributed by atoms with van der Waals surface area (Å²) in [5, 5.41) is 11.8. The van der Waals surface area contributed by atoms with Crippen molar-refractivity contribution in [3.05, 3.63) is 35.9 Å². The smallest absolute Gasteiger partial charge is 0.327 e. The van der Waals surface area contributed by atoms with Gasteiger partial charge in [-0.2, -0.15) is 0 Å². The van der Waals surface area contributed by atoms with Gasteiger partial charge in [0.1, 0.15) is 17.5 Å². The van der Waals surface area contributed by atoms with Crippen LogP contribution in [0.25, 0.3) is 0 Å². The Balaban J connectivity index is 0.000000396. The summed E-state index contributed by atoms with van der Waals surface area (Å²) in [7, 11) is 0. The number of carboxylic acid groups (broad SMARTS) is 1. The molecule has 3 rings (SSSR count). The highest BCUT2D eigenvalue weighted by Gasteiger charge is 2.64. The first kappa shape index (κ1) is 24.2. The van der Waals surface area contributed by atoms with Gasteiger partial charge < -0.3 is 20.2 Å². The highest BCUT2D eigenvalue weighted by molar-refractivity contribution is 8.01. The van der Waals surface area contributed by atoms with Crippen molar-refractivity contribution in [3.63, 3.8) is 0 Å². The number of nitrogens with zero attached hydrogens (tertiary/aromatic N) is 2. The van der Waals surface area contributed by atoms with Crippen molar-refractivity contribution in [1.82, 2.24) is 15.1 Å². The number of amides is 2. The molecule has 30 heavy (non-hydrogen) atoms. The first-order valence-electron chi connectivity index (χ1n) is 10.4. The van der Waals surface area contributed by atoms with E-state index in [0.29, 0.717) is 0 Å². The first-order chi connectivity index (χ1) is 14.2. The maximum atomic E-state index is 12.3. The standard InChI is InChI=1S/C16H18N2O4S.C6H15N/c1-16(2)12(15(21)22)18-13(20)11(14(18)23-16)17-10(19)8-9-6-4-3-5-7-9;1-4-7(5-2)6-3/h3-7,11-12,14H,8H2,1-2H3,(H,17,19)(H,21,22);4-6H2,1-3H3/t11-,12+,14-;/m1./s1. The van der Waals surface area contributed by atoms with Crippen LogP contribution in [-0.4, -0.2) is 74.5 Å². The molecule has 0 aliphatic carbocycles. The van der Waals surface area contributed by atoms with Crippen LogP contribution >= 0.6 is 11.8 Å². The van der Waals surface area contributed by atoms with Crippen LogP contribution in [-0.2, 0) is 20.8 Å². The number of aliphatic carboxylic acids is 1. The van der Waals surface area contributed by atoms with Crippen molar-refractivity contribution in [2.45, 2.75) is 63.2 Å². The Hall–Kier alpha value is -2.06. The molecule has 8 heteroatoms. The normalized spacial score (nSPS) is 23.9. The minimum absolute atomic E-state index is 0.202.